The summed E-state index contributed by atoms with van der Waals surface area (Å²) in [7, 11) is -3.24. The third-order valence-corrected chi connectivity index (χ3v) is 6.25. The third kappa shape index (κ3) is 6.39. The van der Waals surface area contributed by atoms with Crippen LogP contribution in [0.3, 0.4) is 0 Å². The zero-order valence-electron chi connectivity index (χ0n) is 14.8. The number of piperidine rings is 1. The van der Waals surface area contributed by atoms with E-state index in [-0.39, 0.29) is 23.5 Å². The Morgan fingerprint density at radius 1 is 1.25 bits per heavy atom. The third-order valence-electron chi connectivity index (χ3n) is 4.30. The van der Waals surface area contributed by atoms with Crippen LogP contribution < -0.4 is 5.32 Å². The van der Waals surface area contributed by atoms with Crippen LogP contribution in [0.2, 0.25) is 0 Å². The molecule has 0 radical (unpaired) electrons. The summed E-state index contributed by atoms with van der Waals surface area (Å²) in [5.74, 6) is -1.32. The van der Waals surface area contributed by atoms with Gasteiger partial charge in [0, 0.05) is 19.0 Å². The van der Waals surface area contributed by atoms with Gasteiger partial charge >= 0.3 is 5.97 Å². The van der Waals surface area contributed by atoms with Gasteiger partial charge in [-0.1, -0.05) is 27.2 Å². The minimum atomic E-state index is -3.24. The molecule has 1 heterocycles. The molecule has 0 aromatic rings. The Kier molecular flexibility index (Phi) is 8.15. The Bertz CT molecular complexity index is 525. The van der Waals surface area contributed by atoms with Crippen molar-refractivity contribution in [3.05, 3.63) is 0 Å². The molecule has 140 valence electrons. The van der Waals surface area contributed by atoms with Crippen molar-refractivity contribution in [1.82, 2.24) is 9.62 Å². The SMILES string of the molecule is CCCCS(=O)(=O)N1CCC(C(=O)NC(CC(C)C)C(=O)O)CC1. The predicted octanol–water partition coefficient (Wildman–Crippen LogP) is 1.44. The number of nitrogens with one attached hydrogen (secondary N) is 1. The van der Waals surface area contributed by atoms with E-state index in [1.165, 1.54) is 4.31 Å². The van der Waals surface area contributed by atoms with Crippen LogP contribution in [0.15, 0.2) is 0 Å². The maximum atomic E-state index is 12.3. The molecule has 24 heavy (non-hydrogen) atoms. The fraction of sp³-hybridized carbons (Fsp3) is 0.875. The molecule has 0 bridgehead atoms. The second-order valence-corrected chi connectivity index (χ2v) is 8.96. The van der Waals surface area contributed by atoms with E-state index < -0.39 is 22.0 Å². The number of hydrogen-bond donors (Lipinski definition) is 2. The molecule has 0 aromatic heterocycles. The number of unbranched alkanes of at least 4 members (excludes halogenated alkanes) is 1. The molecular formula is C16H30N2O5S. The van der Waals surface area contributed by atoms with Crippen LogP contribution >= 0.6 is 0 Å². The van der Waals surface area contributed by atoms with E-state index in [9.17, 15) is 23.1 Å². The van der Waals surface area contributed by atoms with Gasteiger partial charge in [0.2, 0.25) is 15.9 Å². The molecule has 1 amide bonds. The molecule has 1 aliphatic heterocycles. The van der Waals surface area contributed by atoms with Crippen LogP contribution in [0, 0.1) is 11.8 Å². The second kappa shape index (κ2) is 9.36. The number of rotatable bonds is 9. The van der Waals surface area contributed by atoms with Crippen molar-refractivity contribution in [2.45, 2.75) is 58.9 Å². The number of nitrogens with zero attached hydrogens (tertiary/aromatic N) is 1. The van der Waals surface area contributed by atoms with E-state index >= 15 is 0 Å². The second-order valence-electron chi connectivity index (χ2n) is 6.87. The maximum absolute atomic E-state index is 12.3. The average molecular weight is 362 g/mol. The van der Waals surface area contributed by atoms with Gasteiger partial charge in [-0.05, 0) is 31.6 Å². The molecule has 1 unspecified atom stereocenters. The normalized spacial score (nSPS) is 18.5. The molecule has 1 atom stereocenters. The van der Waals surface area contributed by atoms with Crippen LogP contribution in [0.1, 0.15) is 52.9 Å². The lowest BCUT2D eigenvalue weighted by atomic mass is 9.96. The number of carboxylic acid groups (broad SMARTS) is 1. The van der Waals surface area contributed by atoms with Crippen molar-refractivity contribution in [3.8, 4) is 0 Å². The van der Waals surface area contributed by atoms with Gasteiger partial charge in [-0.25, -0.2) is 17.5 Å². The van der Waals surface area contributed by atoms with E-state index in [2.05, 4.69) is 5.32 Å². The summed E-state index contributed by atoms with van der Waals surface area (Å²) in [5, 5.41) is 11.8. The molecule has 8 heteroatoms. The first-order chi connectivity index (χ1) is 11.2. The van der Waals surface area contributed by atoms with Crippen molar-refractivity contribution in [2.75, 3.05) is 18.8 Å². The highest BCUT2D eigenvalue weighted by molar-refractivity contribution is 7.89. The number of sulfonamides is 1. The Labute approximate surface area is 144 Å². The largest absolute Gasteiger partial charge is 0.480 e. The molecule has 0 saturated carbocycles. The van der Waals surface area contributed by atoms with Crippen molar-refractivity contribution >= 4 is 21.9 Å². The summed E-state index contributed by atoms with van der Waals surface area (Å²) in [4.78, 5) is 23.5. The molecule has 2 N–H and O–H groups in total. The van der Waals surface area contributed by atoms with E-state index in [1.807, 2.05) is 20.8 Å². The lowest BCUT2D eigenvalue weighted by molar-refractivity contribution is -0.143. The van der Waals surface area contributed by atoms with Gasteiger partial charge in [-0.15, -0.1) is 0 Å². The summed E-state index contributed by atoms with van der Waals surface area (Å²) in [6.45, 7) is 6.41. The summed E-state index contributed by atoms with van der Waals surface area (Å²) < 4.78 is 25.8. The Morgan fingerprint density at radius 3 is 2.29 bits per heavy atom. The summed E-state index contributed by atoms with van der Waals surface area (Å²) in [6.07, 6.45) is 2.71. The first kappa shape index (κ1) is 20.9. The Morgan fingerprint density at radius 2 is 1.83 bits per heavy atom. The number of amides is 1. The molecule has 0 aliphatic carbocycles. The highest BCUT2D eigenvalue weighted by atomic mass is 32.2. The highest BCUT2D eigenvalue weighted by Gasteiger charge is 2.32. The summed E-state index contributed by atoms with van der Waals surface area (Å²) >= 11 is 0. The molecule has 1 fully saturated rings. The van der Waals surface area contributed by atoms with E-state index in [0.29, 0.717) is 38.8 Å². The number of carbonyl (C=O) groups excluding carboxylic acids is 1. The van der Waals surface area contributed by atoms with Gasteiger partial charge in [0.1, 0.15) is 6.04 Å². The molecule has 0 aromatic carbocycles. The average Bonchev–Trinajstić information content (AvgIpc) is 2.52. The molecule has 1 rings (SSSR count). The lowest BCUT2D eigenvalue weighted by Gasteiger charge is -2.31. The zero-order chi connectivity index (χ0) is 18.3. The van der Waals surface area contributed by atoms with Gasteiger partial charge < -0.3 is 10.4 Å². The zero-order valence-corrected chi connectivity index (χ0v) is 15.6. The minimum absolute atomic E-state index is 0.149. The van der Waals surface area contributed by atoms with Crippen LogP contribution in [0.4, 0.5) is 0 Å². The molecule has 1 saturated heterocycles. The van der Waals surface area contributed by atoms with Gasteiger partial charge in [-0.3, -0.25) is 4.79 Å². The number of hydrogen-bond acceptors (Lipinski definition) is 4. The monoisotopic (exact) mass is 362 g/mol. The lowest BCUT2D eigenvalue weighted by Crippen LogP contribution is -2.48. The quantitative estimate of drug-likeness (QED) is 0.646. The topological polar surface area (TPSA) is 104 Å². The van der Waals surface area contributed by atoms with Crippen LogP contribution in [-0.2, 0) is 19.6 Å². The van der Waals surface area contributed by atoms with E-state index in [1.54, 1.807) is 0 Å². The van der Waals surface area contributed by atoms with Crippen molar-refractivity contribution in [3.63, 3.8) is 0 Å². The predicted molar refractivity (Wildman–Crippen MR) is 92.0 cm³/mol. The molecular weight excluding hydrogens is 332 g/mol. The highest BCUT2D eigenvalue weighted by Crippen LogP contribution is 2.21. The first-order valence-electron chi connectivity index (χ1n) is 8.68. The minimum Gasteiger partial charge on any atom is -0.480 e. The number of carboxylic acids is 1. The van der Waals surface area contributed by atoms with Gasteiger partial charge in [0.15, 0.2) is 0 Å². The van der Waals surface area contributed by atoms with Gasteiger partial charge in [0.25, 0.3) is 0 Å². The van der Waals surface area contributed by atoms with Crippen molar-refractivity contribution < 1.29 is 23.1 Å². The number of aliphatic carboxylic acids is 1. The van der Waals surface area contributed by atoms with Gasteiger partial charge in [-0.2, -0.15) is 0 Å². The first-order valence-corrected chi connectivity index (χ1v) is 10.3. The Hall–Kier alpha value is -1.15. The van der Waals surface area contributed by atoms with Crippen LogP contribution in [0.5, 0.6) is 0 Å². The fourth-order valence-electron chi connectivity index (χ4n) is 2.83. The summed E-state index contributed by atoms with van der Waals surface area (Å²) in [6, 6.07) is -0.885. The van der Waals surface area contributed by atoms with E-state index in [4.69, 9.17) is 0 Å². The van der Waals surface area contributed by atoms with Crippen LogP contribution in [0.25, 0.3) is 0 Å². The summed E-state index contributed by atoms with van der Waals surface area (Å²) in [5.41, 5.74) is 0. The molecule has 0 spiro atoms. The smallest absolute Gasteiger partial charge is 0.326 e. The fourth-order valence-corrected chi connectivity index (χ4v) is 4.51. The van der Waals surface area contributed by atoms with Crippen molar-refractivity contribution in [2.24, 2.45) is 11.8 Å². The molecule has 1 aliphatic rings. The van der Waals surface area contributed by atoms with Crippen LogP contribution in [-0.4, -0.2) is 54.6 Å². The molecule has 7 nitrogen and oxygen atoms in total. The Balaban J connectivity index is 2.54. The van der Waals surface area contributed by atoms with Crippen molar-refractivity contribution in [1.29, 1.82) is 0 Å². The maximum Gasteiger partial charge on any atom is 0.326 e. The van der Waals surface area contributed by atoms with Gasteiger partial charge in [0.05, 0.1) is 5.75 Å². The van der Waals surface area contributed by atoms with E-state index in [0.717, 1.165) is 6.42 Å². The number of carbonyl (C=O) groups is 2. The standard InChI is InChI=1S/C16H30N2O5S/c1-4-5-10-24(22,23)18-8-6-13(7-9-18)15(19)17-14(16(20)21)11-12(2)3/h12-14H,4-11H2,1-3H3,(H,17,19)(H,20,21).